The number of likely N-dealkylation sites (tertiary alicyclic amines) is 1. The van der Waals surface area contributed by atoms with Gasteiger partial charge in [0.15, 0.2) is 5.82 Å². The molecule has 446 valence electrons. The summed E-state index contributed by atoms with van der Waals surface area (Å²) in [5, 5.41) is -0.516. The molecule has 1 unspecified atom stereocenters. The van der Waals surface area contributed by atoms with E-state index in [9.17, 15) is 26.0 Å². The van der Waals surface area contributed by atoms with Crippen molar-refractivity contribution in [1.29, 1.82) is 0 Å². The first-order chi connectivity index (χ1) is 38.8. The number of amides is 1. The van der Waals surface area contributed by atoms with Crippen LogP contribution in [0.25, 0.3) is 0 Å². The Morgan fingerprint density at radius 3 is 1.52 bits per heavy atom. The van der Waals surface area contributed by atoms with Crippen molar-refractivity contribution in [2.75, 3.05) is 160 Å². The first kappa shape index (κ1) is 61.2. The third-order valence-electron chi connectivity index (χ3n) is 16.7. The number of piperidine rings is 3. The highest BCUT2D eigenvalue weighted by atomic mass is 32.2. The lowest BCUT2D eigenvalue weighted by Crippen LogP contribution is -2.51. The molecule has 4 aromatic heterocycles. The standard InChI is InChI=1S/C16H25FN4O.C15H24N4O3S.C13H18N4O.C12H19N3O2S/c17-14-11-19-12-15(18)16(14)21-7-3-13(4-8-21)22-10-9-20-5-1-2-6-20;1-12-10-17-11-14(16)15(12)18-4-2-13(3-5-18)23(20,21)19-6-8-22-9-7-19;1-9-6-15-7-11(14)13(9)16-4-5-17-10(8-16)2-3-12(17)18;1-9-7-14-8-11(13)12(9)15-5-3-10(4-6-15)18(2,16)17/h11-13H,1-10,18H2;10-11,13H,2-9,16H2,1H3;6-7,10H,2-5,8,14H2,1H3;7-8,10H,3-6,13H2,1-2H3. The summed E-state index contributed by atoms with van der Waals surface area (Å²) in [4.78, 5) is 40.8. The third-order valence-corrected chi connectivity index (χ3v) is 20.8. The largest absolute Gasteiger partial charge is 0.396 e. The van der Waals surface area contributed by atoms with Crippen LogP contribution in [0.3, 0.4) is 0 Å². The molecule has 22 nitrogen and oxygen atoms in total. The molecule has 11 rings (SSSR count). The average molecular weight is 1160 g/mol. The molecule has 0 aliphatic carbocycles. The Bertz CT molecular complexity index is 2870. The van der Waals surface area contributed by atoms with Gasteiger partial charge < -0.3 is 61.8 Å². The molecule has 7 saturated heterocycles. The molecule has 0 saturated carbocycles. The van der Waals surface area contributed by atoms with E-state index in [1.54, 1.807) is 35.3 Å². The van der Waals surface area contributed by atoms with Crippen LogP contribution in [0.4, 0.5) is 49.9 Å². The molecular formula is C56H86FN15O7S2. The van der Waals surface area contributed by atoms with Gasteiger partial charge in [0.1, 0.15) is 9.84 Å². The molecule has 1 amide bonds. The van der Waals surface area contributed by atoms with Crippen molar-refractivity contribution in [3.05, 3.63) is 72.1 Å². The lowest BCUT2D eigenvalue weighted by atomic mass is 10.1. The number of nitrogen functional groups attached to an aromatic ring is 4. The van der Waals surface area contributed by atoms with Crippen molar-refractivity contribution in [1.82, 2.24) is 34.0 Å². The first-order valence-corrected chi connectivity index (χ1v) is 32.1. The van der Waals surface area contributed by atoms with Gasteiger partial charge in [0.25, 0.3) is 0 Å². The van der Waals surface area contributed by atoms with Crippen LogP contribution in [0.2, 0.25) is 0 Å². The number of halogens is 1. The Kier molecular flexibility index (Phi) is 21.1. The Labute approximate surface area is 478 Å². The normalized spacial score (nSPS) is 20.9. The Morgan fingerprint density at radius 2 is 1.02 bits per heavy atom. The number of hydrogen-bond acceptors (Lipinski definition) is 20. The summed E-state index contributed by atoms with van der Waals surface area (Å²) < 4.78 is 75.2. The van der Waals surface area contributed by atoms with E-state index >= 15 is 0 Å². The van der Waals surface area contributed by atoms with E-state index < -0.39 is 19.9 Å². The number of pyridine rings is 4. The molecule has 7 aliphatic rings. The maximum absolute atomic E-state index is 13.9. The molecule has 0 spiro atoms. The number of nitrogens with zero attached hydrogens (tertiary/aromatic N) is 11. The SMILES string of the molecule is Cc1cncc(N)c1N1CCC(S(=O)(=O)N2CCOCC2)CC1.Cc1cncc(N)c1N1CCC(S(C)(=O)=O)CC1.Cc1cncc(N)c1N1CCN2C(=O)CCC2C1.Nc1cncc(F)c1N1CCC(OCCN2CCCC2)CC1. The number of fused-ring (bicyclic) bond motifs is 1. The first-order valence-electron chi connectivity index (χ1n) is 28.7. The van der Waals surface area contributed by atoms with E-state index in [4.69, 9.17) is 32.4 Å². The summed E-state index contributed by atoms with van der Waals surface area (Å²) in [7, 11) is -6.15. The lowest BCUT2D eigenvalue weighted by molar-refractivity contribution is -0.129. The summed E-state index contributed by atoms with van der Waals surface area (Å²) in [6, 6.07) is 0.359. The maximum Gasteiger partial charge on any atom is 0.223 e. The van der Waals surface area contributed by atoms with Crippen molar-refractivity contribution in [3.63, 3.8) is 0 Å². The molecule has 81 heavy (non-hydrogen) atoms. The van der Waals surface area contributed by atoms with E-state index in [0.29, 0.717) is 106 Å². The highest BCUT2D eigenvalue weighted by Crippen LogP contribution is 2.35. The van der Waals surface area contributed by atoms with Crippen LogP contribution in [0.15, 0.2) is 49.6 Å². The second-order valence-electron chi connectivity index (χ2n) is 22.3. The van der Waals surface area contributed by atoms with Crippen molar-refractivity contribution in [2.45, 2.75) is 108 Å². The van der Waals surface area contributed by atoms with Crippen molar-refractivity contribution in [3.8, 4) is 0 Å². The number of hydrogen-bond donors (Lipinski definition) is 4. The summed E-state index contributed by atoms with van der Waals surface area (Å²) >= 11 is 0. The van der Waals surface area contributed by atoms with Crippen LogP contribution in [-0.2, 0) is 34.1 Å². The fraction of sp³-hybridized carbons (Fsp3) is 0.625. The molecule has 7 aliphatic heterocycles. The number of sulfone groups is 1. The maximum atomic E-state index is 13.9. The van der Waals surface area contributed by atoms with Crippen molar-refractivity contribution in [2.24, 2.45) is 0 Å². The van der Waals surface area contributed by atoms with Gasteiger partial charge in [0.05, 0.1) is 113 Å². The van der Waals surface area contributed by atoms with Gasteiger partial charge >= 0.3 is 0 Å². The van der Waals surface area contributed by atoms with Crippen LogP contribution in [0, 0.1) is 26.6 Å². The molecule has 0 bridgehead atoms. The van der Waals surface area contributed by atoms with Crippen molar-refractivity contribution >= 4 is 71.3 Å². The predicted octanol–water partition coefficient (Wildman–Crippen LogP) is 4.26. The minimum atomic E-state index is -3.23. The molecule has 11 heterocycles. The lowest BCUT2D eigenvalue weighted by Gasteiger charge is -2.39. The molecule has 1 atom stereocenters. The fourth-order valence-electron chi connectivity index (χ4n) is 12.4. The van der Waals surface area contributed by atoms with Crippen LogP contribution >= 0.6 is 0 Å². The van der Waals surface area contributed by atoms with Crippen LogP contribution in [0.5, 0.6) is 0 Å². The third kappa shape index (κ3) is 15.6. The number of ether oxygens (including phenoxy) is 2. The second kappa shape index (κ2) is 27.9. The van der Waals surface area contributed by atoms with Gasteiger partial charge in [0, 0.05) is 116 Å². The van der Waals surface area contributed by atoms with E-state index in [0.717, 1.165) is 118 Å². The van der Waals surface area contributed by atoms with E-state index in [1.165, 1.54) is 44.6 Å². The average Bonchev–Trinajstić information content (AvgIpc) is 4.29. The summed E-state index contributed by atoms with van der Waals surface area (Å²) in [6.45, 7) is 19.1. The fourth-order valence-corrected chi connectivity index (χ4v) is 15.3. The number of carbonyl (C=O) groups is 1. The van der Waals surface area contributed by atoms with Crippen LogP contribution < -0.4 is 42.5 Å². The zero-order valence-electron chi connectivity index (χ0n) is 47.8. The molecule has 8 N–H and O–H groups in total. The highest BCUT2D eigenvalue weighted by Gasteiger charge is 2.38. The number of aryl methyl sites for hydroxylation is 3. The minimum absolute atomic E-state index is 0.211. The quantitative estimate of drug-likeness (QED) is 0.163. The number of piperazine rings is 1. The number of nitrogens with two attached hydrogens (primary N) is 4. The number of sulfonamides is 1. The Hall–Kier alpha value is -5.86. The number of aromatic nitrogens is 4. The number of morpholine rings is 1. The van der Waals surface area contributed by atoms with E-state index in [1.807, 2.05) is 36.8 Å². The van der Waals surface area contributed by atoms with E-state index in [-0.39, 0.29) is 22.4 Å². The Morgan fingerprint density at radius 1 is 0.568 bits per heavy atom. The molecule has 4 aromatic rings. The van der Waals surface area contributed by atoms with Gasteiger partial charge in [-0.2, -0.15) is 4.31 Å². The highest BCUT2D eigenvalue weighted by molar-refractivity contribution is 7.91. The van der Waals surface area contributed by atoms with Gasteiger partial charge in [-0.1, -0.05) is 0 Å². The zero-order chi connectivity index (χ0) is 57.8. The molecular weight excluding hydrogens is 1080 g/mol. The Balaban J connectivity index is 0.000000142. The smallest absolute Gasteiger partial charge is 0.223 e. The van der Waals surface area contributed by atoms with Gasteiger partial charge in [-0.3, -0.25) is 24.7 Å². The topological polar surface area (TPSA) is 282 Å². The summed E-state index contributed by atoms with van der Waals surface area (Å²) in [5.41, 5.74) is 33.1. The molecule has 25 heteroatoms. The zero-order valence-corrected chi connectivity index (χ0v) is 49.4. The van der Waals surface area contributed by atoms with Gasteiger partial charge in [-0.15, -0.1) is 0 Å². The molecule has 7 fully saturated rings. The minimum Gasteiger partial charge on any atom is -0.396 e. The monoisotopic (exact) mass is 1160 g/mol. The van der Waals surface area contributed by atoms with Crippen LogP contribution in [-0.4, -0.2) is 197 Å². The van der Waals surface area contributed by atoms with Gasteiger partial charge in [0.2, 0.25) is 15.9 Å². The number of anilines is 8. The van der Waals surface area contributed by atoms with Crippen molar-refractivity contribution < 1.29 is 35.5 Å². The van der Waals surface area contributed by atoms with Gasteiger partial charge in [-0.05, 0) is 108 Å². The number of carbonyl (C=O) groups excluding carboxylic acids is 1. The van der Waals surface area contributed by atoms with E-state index in [2.05, 4.69) is 39.5 Å². The van der Waals surface area contributed by atoms with Crippen LogP contribution in [0.1, 0.15) is 80.9 Å². The molecule has 0 aromatic carbocycles. The summed E-state index contributed by atoms with van der Waals surface area (Å²) in [6.07, 6.45) is 23.5. The second-order valence-corrected chi connectivity index (χ2v) is 26.9. The summed E-state index contributed by atoms with van der Waals surface area (Å²) in [5.74, 6) is -0.0347. The van der Waals surface area contributed by atoms with Gasteiger partial charge in [-0.25, -0.2) is 21.2 Å². The predicted molar refractivity (Wildman–Crippen MR) is 319 cm³/mol. The molecule has 0 radical (unpaired) electrons. The number of rotatable bonds is 11.